The van der Waals surface area contributed by atoms with Crippen molar-refractivity contribution in [1.82, 2.24) is 24.6 Å². The van der Waals surface area contributed by atoms with E-state index in [-0.39, 0.29) is 11.9 Å². The maximum absolute atomic E-state index is 12.8. The molecule has 4 rings (SSSR count). The van der Waals surface area contributed by atoms with Gasteiger partial charge in [-0.2, -0.15) is 0 Å². The molecule has 0 saturated heterocycles. The lowest BCUT2D eigenvalue weighted by Gasteiger charge is -2.32. The molecular formula is C18H19N5O2. The van der Waals surface area contributed by atoms with E-state index < -0.39 is 0 Å². The zero-order chi connectivity index (χ0) is 17.4. The predicted molar refractivity (Wildman–Crippen MR) is 90.8 cm³/mol. The summed E-state index contributed by atoms with van der Waals surface area (Å²) in [5.41, 5.74) is 1.42. The number of benzene rings is 1. The largest absolute Gasteiger partial charge is 0.448 e. The van der Waals surface area contributed by atoms with E-state index in [9.17, 15) is 4.79 Å². The Hall–Kier alpha value is -2.96. The highest BCUT2D eigenvalue weighted by molar-refractivity contribution is 5.93. The maximum atomic E-state index is 12.8. The van der Waals surface area contributed by atoms with E-state index in [0.717, 1.165) is 17.2 Å². The molecule has 0 N–H and O–H groups in total. The van der Waals surface area contributed by atoms with Crippen LogP contribution in [0.15, 0.2) is 41.1 Å². The van der Waals surface area contributed by atoms with Gasteiger partial charge in [-0.05, 0) is 6.92 Å². The van der Waals surface area contributed by atoms with Crippen molar-refractivity contribution in [1.29, 1.82) is 0 Å². The lowest BCUT2D eigenvalue weighted by molar-refractivity contribution is 0.0674. The quantitative estimate of drug-likeness (QED) is 0.734. The Labute approximate surface area is 145 Å². The highest BCUT2D eigenvalue weighted by Crippen LogP contribution is 2.28. The second-order valence-corrected chi connectivity index (χ2v) is 6.19. The van der Waals surface area contributed by atoms with Crippen LogP contribution < -0.4 is 0 Å². The van der Waals surface area contributed by atoms with E-state index in [1.807, 2.05) is 37.3 Å². The van der Waals surface area contributed by atoms with Crippen molar-refractivity contribution in [2.75, 3.05) is 6.54 Å². The van der Waals surface area contributed by atoms with Crippen molar-refractivity contribution in [2.45, 2.75) is 32.9 Å². The molecule has 1 amide bonds. The second-order valence-electron chi connectivity index (χ2n) is 6.19. The summed E-state index contributed by atoms with van der Waals surface area (Å²) in [5.74, 6) is 2.13. The Morgan fingerprint density at radius 3 is 2.84 bits per heavy atom. The average Bonchev–Trinajstić information content (AvgIpc) is 3.28. The van der Waals surface area contributed by atoms with Crippen LogP contribution >= 0.6 is 0 Å². The standard InChI is InChI=1S/C18H19N5O2/c1-3-14-16(19-11-25-14)18(24)22-9-12(2)23-15(10-22)20-21-17(23)13-7-5-4-6-8-13/h4-8,11-12H,3,9-10H2,1-2H3/t12-/m0/s1. The number of hydrogen-bond acceptors (Lipinski definition) is 5. The number of nitrogens with zero attached hydrogens (tertiary/aromatic N) is 5. The van der Waals surface area contributed by atoms with Crippen molar-refractivity contribution < 1.29 is 9.21 Å². The first-order valence-corrected chi connectivity index (χ1v) is 8.39. The first-order chi connectivity index (χ1) is 12.2. The lowest BCUT2D eigenvalue weighted by atomic mass is 10.1. The van der Waals surface area contributed by atoms with Gasteiger partial charge in [0, 0.05) is 18.5 Å². The number of rotatable bonds is 3. The number of aromatic nitrogens is 4. The van der Waals surface area contributed by atoms with Crippen LogP contribution in [0.2, 0.25) is 0 Å². The zero-order valence-corrected chi connectivity index (χ0v) is 14.2. The van der Waals surface area contributed by atoms with Gasteiger partial charge in [0.1, 0.15) is 5.76 Å². The number of oxazole rings is 1. The summed E-state index contributed by atoms with van der Waals surface area (Å²) in [6, 6.07) is 10.1. The number of hydrogen-bond donors (Lipinski definition) is 0. The minimum absolute atomic E-state index is 0.0786. The Kier molecular flexibility index (Phi) is 3.83. The average molecular weight is 337 g/mol. The number of fused-ring (bicyclic) bond motifs is 1. The summed E-state index contributed by atoms with van der Waals surface area (Å²) in [6.07, 6.45) is 1.97. The van der Waals surface area contributed by atoms with Gasteiger partial charge in [-0.1, -0.05) is 37.3 Å². The lowest BCUT2D eigenvalue weighted by Crippen LogP contribution is -2.41. The van der Waals surface area contributed by atoms with Crippen molar-refractivity contribution >= 4 is 5.91 Å². The molecule has 0 radical (unpaired) electrons. The topological polar surface area (TPSA) is 77.1 Å². The fraction of sp³-hybridized carbons (Fsp3) is 0.333. The molecule has 7 nitrogen and oxygen atoms in total. The van der Waals surface area contributed by atoms with Gasteiger partial charge < -0.3 is 13.9 Å². The predicted octanol–water partition coefficient (Wildman–Crippen LogP) is 2.71. The molecule has 128 valence electrons. The van der Waals surface area contributed by atoms with E-state index in [1.54, 1.807) is 4.90 Å². The van der Waals surface area contributed by atoms with Crippen LogP contribution in [0, 0.1) is 0 Å². The summed E-state index contributed by atoms with van der Waals surface area (Å²) in [5, 5.41) is 8.66. The molecule has 3 heterocycles. The molecular weight excluding hydrogens is 318 g/mol. The molecule has 0 bridgehead atoms. The van der Waals surface area contributed by atoms with Crippen LogP contribution in [0.3, 0.4) is 0 Å². The Bertz CT molecular complexity index is 899. The molecule has 0 fully saturated rings. The Morgan fingerprint density at radius 2 is 2.08 bits per heavy atom. The highest BCUT2D eigenvalue weighted by Gasteiger charge is 2.31. The summed E-state index contributed by atoms with van der Waals surface area (Å²) in [4.78, 5) is 18.7. The molecule has 3 aromatic rings. The number of aryl methyl sites for hydroxylation is 1. The van der Waals surface area contributed by atoms with Gasteiger partial charge in [-0.25, -0.2) is 4.98 Å². The van der Waals surface area contributed by atoms with Gasteiger partial charge in [-0.15, -0.1) is 10.2 Å². The normalized spacial score (nSPS) is 16.7. The SMILES string of the molecule is CCc1ocnc1C(=O)N1Cc2nnc(-c3ccccc3)n2[C@@H](C)C1. The van der Waals surface area contributed by atoms with Gasteiger partial charge in [0.15, 0.2) is 23.7 Å². The van der Waals surface area contributed by atoms with Crippen LogP contribution in [0.5, 0.6) is 0 Å². The molecule has 25 heavy (non-hydrogen) atoms. The second kappa shape index (κ2) is 6.16. The van der Waals surface area contributed by atoms with Gasteiger partial charge in [0.2, 0.25) is 0 Å². The van der Waals surface area contributed by atoms with Crippen LogP contribution in [-0.2, 0) is 13.0 Å². The van der Waals surface area contributed by atoms with E-state index in [0.29, 0.717) is 31.0 Å². The summed E-state index contributed by atoms with van der Waals surface area (Å²) in [6.45, 7) is 5.01. The Morgan fingerprint density at radius 1 is 1.28 bits per heavy atom. The van der Waals surface area contributed by atoms with Gasteiger partial charge in [0.05, 0.1) is 12.6 Å². The van der Waals surface area contributed by atoms with Gasteiger partial charge >= 0.3 is 0 Å². The van der Waals surface area contributed by atoms with Crippen molar-refractivity contribution in [3.05, 3.63) is 54.0 Å². The third kappa shape index (κ3) is 2.61. The minimum atomic E-state index is -0.118. The van der Waals surface area contributed by atoms with Crippen LogP contribution in [0.25, 0.3) is 11.4 Å². The van der Waals surface area contributed by atoms with Crippen molar-refractivity contribution in [3.8, 4) is 11.4 Å². The van der Waals surface area contributed by atoms with E-state index >= 15 is 0 Å². The monoisotopic (exact) mass is 337 g/mol. The van der Waals surface area contributed by atoms with Crippen LogP contribution in [0.4, 0.5) is 0 Å². The molecule has 1 aliphatic rings. The van der Waals surface area contributed by atoms with Gasteiger partial charge in [-0.3, -0.25) is 4.79 Å². The zero-order valence-electron chi connectivity index (χ0n) is 14.2. The molecule has 0 spiro atoms. The third-order valence-corrected chi connectivity index (χ3v) is 4.51. The van der Waals surface area contributed by atoms with E-state index in [1.165, 1.54) is 6.39 Å². The summed E-state index contributed by atoms with van der Waals surface area (Å²) < 4.78 is 7.41. The Balaban J connectivity index is 1.65. The summed E-state index contributed by atoms with van der Waals surface area (Å²) in [7, 11) is 0. The van der Waals surface area contributed by atoms with Crippen LogP contribution in [-0.4, -0.2) is 37.1 Å². The number of carbonyl (C=O) groups excluding carboxylic acids is 1. The van der Waals surface area contributed by atoms with Crippen molar-refractivity contribution in [2.24, 2.45) is 0 Å². The van der Waals surface area contributed by atoms with Crippen LogP contribution in [0.1, 0.15) is 42.0 Å². The molecule has 2 aromatic heterocycles. The molecule has 0 saturated carbocycles. The minimum Gasteiger partial charge on any atom is -0.448 e. The summed E-state index contributed by atoms with van der Waals surface area (Å²) >= 11 is 0. The number of carbonyl (C=O) groups is 1. The molecule has 0 unspecified atom stereocenters. The molecule has 1 atom stereocenters. The molecule has 1 aliphatic heterocycles. The fourth-order valence-corrected chi connectivity index (χ4v) is 3.31. The first-order valence-electron chi connectivity index (χ1n) is 8.39. The first kappa shape index (κ1) is 15.6. The van der Waals surface area contributed by atoms with E-state index in [4.69, 9.17) is 4.42 Å². The smallest absolute Gasteiger partial charge is 0.276 e. The molecule has 1 aromatic carbocycles. The van der Waals surface area contributed by atoms with Crippen molar-refractivity contribution in [3.63, 3.8) is 0 Å². The third-order valence-electron chi connectivity index (χ3n) is 4.51. The van der Waals surface area contributed by atoms with E-state index in [2.05, 4.69) is 26.7 Å². The molecule has 7 heteroatoms. The number of amides is 1. The fourth-order valence-electron chi connectivity index (χ4n) is 3.31. The molecule has 0 aliphatic carbocycles. The van der Waals surface area contributed by atoms with Gasteiger partial charge in [0.25, 0.3) is 5.91 Å². The maximum Gasteiger partial charge on any atom is 0.276 e. The highest BCUT2D eigenvalue weighted by atomic mass is 16.3.